The third-order valence-corrected chi connectivity index (χ3v) is 5.96. The van der Waals surface area contributed by atoms with Crippen molar-refractivity contribution in [3.63, 3.8) is 0 Å². The van der Waals surface area contributed by atoms with Crippen molar-refractivity contribution in [3.8, 4) is 0 Å². The second-order valence-electron chi connectivity index (χ2n) is 9.15. The average molecular weight is 507 g/mol. The molecule has 35 heavy (non-hydrogen) atoms. The third-order valence-electron chi connectivity index (χ3n) is 5.96. The summed E-state index contributed by atoms with van der Waals surface area (Å²) < 4.78 is 21.3. The molecule has 1 heterocycles. The first-order valence-corrected chi connectivity index (χ1v) is 13.1. The fourth-order valence-corrected chi connectivity index (χ4v) is 3.81. The summed E-state index contributed by atoms with van der Waals surface area (Å²) in [5.41, 5.74) is 0. The van der Waals surface area contributed by atoms with Crippen LogP contribution in [0.2, 0.25) is 0 Å². The molecule has 10 heteroatoms. The van der Waals surface area contributed by atoms with Crippen molar-refractivity contribution in [1.82, 2.24) is 0 Å². The number of carbonyl (C=O) groups excluding carboxylic acids is 2. The van der Waals surface area contributed by atoms with E-state index in [9.17, 15) is 30.0 Å². The molecule has 0 unspecified atom stereocenters. The highest BCUT2D eigenvalue weighted by Gasteiger charge is 2.44. The van der Waals surface area contributed by atoms with Crippen LogP contribution in [-0.2, 0) is 28.5 Å². The minimum Gasteiger partial charge on any atom is -0.462 e. The summed E-state index contributed by atoms with van der Waals surface area (Å²) in [4.78, 5) is 24.1. The fourth-order valence-electron chi connectivity index (χ4n) is 3.81. The number of ether oxygens (including phenoxy) is 4. The number of hydrogen-bond acceptors (Lipinski definition) is 10. The van der Waals surface area contributed by atoms with Crippen molar-refractivity contribution in [3.05, 3.63) is 0 Å². The van der Waals surface area contributed by atoms with Crippen LogP contribution in [0, 0.1) is 0 Å². The van der Waals surface area contributed by atoms with Crippen LogP contribution in [-0.4, -0.2) is 89.0 Å². The second-order valence-corrected chi connectivity index (χ2v) is 9.15. The van der Waals surface area contributed by atoms with Crippen LogP contribution in [0.3, 0.4) is 0 Å². The highest BCUT2D eigenvalue weighted by molar-refractivity contribution is 5.70. The molecule has 6 atom stereocenters. The van der Waals surface area contributed by atoms with Gasteiger partial charge in [-0.2, -0.15) is 0 Å². The number of esters is 2. The van der Waals surface area contributed by atoms with E-state index in [-0.39, 0.29) is 26.1 Å². The molecule has 4 N–H and O–H groups in total. The molecule has 1 aliphatic heterocycles. The number of hydrogen-bond donors (Lipinski definition) is 4. The Morgan fingerprint density at radius 1 is 0.771 bits per heavy atom. The van der Waals surface area contributed by atoms with E-state index < -0.39 is 55.4 Å². The zero-order chi connectivity index (χ0) is 26.1. The average Bonchev–Trinajstić information content (AvgIpc) is 2.84. The third kappa shape index (κ3) is 13.0. The van der Waals surface area contributed by atoms with E-state index in [4.69, 9.17) is 18.9 Å². The van der Waals surface area contributed by atoms with Gasteiger partial charge in [-0.05, 0) is 12.8 Å². The van der Waals surface area contributed by atoms with Crippen LogP contribution in [0.4, 0.5) is 0 Å². The molecule has 0 aliphatic carbocycles. The van der Waals surface area contributed by atoms with E-state index in [0.29, 0.717) is 6.42 Å². The SMILES string of the molecule is CCCCCCCCCCCC(=O)OC[C@H](CO[C@@H]1O[C@H](CO)[C@H](O)[C@H](O)[C@H]1O)OC(=O)CCC. The lowest BCUT2D eigenvalue weighted by atomic mass is 9.99. The molecule has 0 saturated carbocycles. The number of unbranched alkanes of at least 4 members (excludes halogenated alkanes) is 8. The van der Waals surface area contributed by atoms with E-state index in [1.807, 2.05) is 6.92 Å². The molecule has 0 aromatic rings. The predicted molar refractivity (Wildman–Crippen MR) is 127 cm³/mol. The maximum Gasteiger partial charge on any atom is 0.306 e. The Hall–Kier alpha value is -1.30. The molecular formula is C25H46O10. The number of aliphatic hydroxyl groups is 4. The molecule has 0 amide bonds. The Labute approximate surface area is 208 Å². The van der Waals surface area contributed by atoms with Crippen molar-refractivity contribution in [2.24, 2.45) is 0 Å². The number of carbonyl (C=O) groups is 2. The fraction of sp³-hybridized carbons (Fsp3) is 0.920. The van der Waals surface area contributed by atoms with E-state index in [2.05, 4.69) is 6.92 Å². The number of aliphatic hydroxyl groups excluding tert-OH is 4. The van der Waals surface area contributed by atoms with Crippen LogP contribution >= 0.6 is 0 Å². The van der Waals surface area contributed by atoms with E-state index in [1.54, 1.807) is 0 Å². The second kappa shape index (κ2) is 18.9. The molecule has 0 radical (unpaired) electrons. The van der Waals surface area contributed by atoms with Crippen LogP contribution in [0.5, 0.6) is 0 Å². The molecule has 0 aromatic heterocycles. The molecule has 206 valence electrons. The Morgan fingerprint density at radius 2 is 1.40 bits per heavy atom. The first-order valence-electron chi connectivity index (χ1n) is 13.1. The maximum atomic E-state index is 12.1. The largest absolute Gasteiger partial charge is 0.462 e. The van der Waals surface area contributed by atoms with Crippen LogP contribution in [0.25, 0.3) is 0 Å². The Balaban J connectivity index is 2.41. The summed E-state index contributed by atoms with van der Waals surface area (Å²) in [6, 6.07) is 0. The molecule has 0 spiro atoms. The van der Waals surface area contributed by atoms with Gasteiger partial charge in [0.15, 0.2) is 12.4 Å². The summed E-state index contributed by atoms with van der Waals surface area (Å²) in [7, 11) is 0. The maximum absolute atomic E-state index is 12.1. The smallest absolute Gasteiger partial charge is 0.306 e. The zero-order valence-electron chi connectivity index (χ0n) is 21.3. The molecular weight excluding hydrogens is 460 g/mol. The monoisotopic (exact) mass is 506 g/mol. The molecule has 1 aliphatic rings. The van der Waals surface area contributed by atoms with Gasteiger partial charge in [0.05, 0.1) is 13.2 Å². The zero-order valence-corrected chi connectivity index (χ0v) is 21.3. The lowest BCUT2D eigenvalue weighted by Gasteiger charge is -2.39. The van der Waals surface area contributed by atoms with Crippen molar-refractivity contribution < 1.29 is 49.0 Å². The minimum absolute atomic E-state index is 0.183. The van der Waals surface area contributed by atoms with Crippen LogP contribution in [0.15, 0.2) is 0 Å². The number of rotatable bonds is 19. The Morgan fingerprint density at radius 3 is 2.00 bits per heavy atom. The van der Waals surface area contributed by atoms with Gasteiger partial charge in [0, 0.05) is 12.8 Å². The lowest BCUT2D eigenvalue weighted by Crippen LogP contribution is -2.59. The van der Waals surface area contributed by atoms with Gasteiger partial charge in [0.1, 0.15) is 31.0 Å². The quantitative estimate of drug-likeness (QED) is 0.151. The molecule has 1 rings (SSSR count). The van der Waals surface area contributed by atoms with Crippen LogP contribution < -0.4 is 0 Å². The highest BCUT2D eigenvalue weighted by atomic mass is 16.7. The summed E-state index contributed by atoms with van der Waals surface area (Å²) in [5.74, 6) is -0.873. The van der Waals surface area contributed by atoms with Gasteiger partial charge in [0.25, 0.3) is 0 Å². The van der Waals surface area contributed by atoms with E-state index in [1.165, 1.54) is 38.5 Å². The molecule has 1 saturated heterocycles. The van der Waals surface area contributed by atoms with Gasteiger partial charge in [-0.15, -0.1) is 0 Å². The summed E-state index contributed by atoms with van der Waals surface area (Å²) in [5, 5.41) is 39.1. The van der Waals surface area contributed by atoms with Crippen molar-refractivity contribution >= 4 is 11.9 Å². The van der Waals surface area contributed by atoms with Gasteiger partial charge < -0.3 is 39.4 Å². The first-order chi connectivity index (χ1) is 16.8. The summed E-state index contributed by atoms with van der Waals surface area (Å²) in [6.45, 7) is 2.94. The van der Waals surface area contributed by atoms with Crippen molar-refractivity contribution in [2.75, 3.05) is 19.8 Å². The highest BCUT2D eigenvalue weighted by Crippen LogP contribution is 2.22. The van der Waals surface area contributed by atoms with Gasteiger partial charge in [0.2, 0.25) is 0 Å². The lowest BCUT2D eigenvalue weighted by molar-refractivity contribution is -0.305. The Bertz CT molecular complexity index is 570. The topological polar surface area (TPSA) is 152 Å². The minimum atomic E-state index is -1.58. The first kappa shape index (κ1) is 31.7. The van der Waals surface area contributed by atoms with E-state index >= 15 is 0 Å². The van der Waals surface area contributed by atoms with Crippen LogP contribution in [0.1, 0.15) is 90.9 Å². The van der Waals surface area contributed by atoms with Crippen molar-refractivity contribution in [1.29, 1.82) is 0 Å². The molecule has 10 nitrogen and oxygen atoms in total. The Kier molecular flexibility index (Phi) is 17.1. The molecule has 0 aromatic carbocycles. The predicted octanol–water partition coefficient (Wildman–Crippen LogP) is 1.98. The normalized spacial score (nSPS) is 25.3. The summed E-state index contributed by atoms with van der Waals surface area (Å²) in [6.07, 6.45) is 3.20. The van der Waals surface area contributed by atoms with Crippen molar-refractivity contribution in [2.45, 2.75) is 128 Å². The van der Waals surface area contributed by atoms with Gasteiger partial charge >= 0.3 is 11.9 Å². The molecule has 1 fully saturated rings. The summed E-state index contributed by atoms with van der Waals surface area (Å²) >= 11 is 0. The van der Waals surface area contributed by atoms with E-state index in [0.717, 1.165) is 19.3 Å². The van der Waals surface area contributed by atoms with Gasteiger partial charge in [-0.3, -0.25) is 9.59 Å². The standard InChI is InChI=1S/C25H46O10/c1-3-5-6-7-8-9-10-11-12-14-20(27)32-16-18(34-21(28)13-4-2)17-33-25-24(31)23(30)22(29)19(15-26)35-25/h18-19,22-26,29-31H,3-17H2,1-2H3/t18-,19-,22+,23+,24-,25-/m1/s1. The molecule has 0 bridgehead atoms. The van der Waals surface area contributed by atoms with Gasteiger partial charge in [-0.1, -0.05) is 65.2 Å². The van der Waals surface area contributed by atoms with Gasteiger partial charge in [-0.25, -0.2) is 0 Å².